The van der Waals surface area contributed by atoms with Crippen LogP contribution in [0.25, 0.3) is 0 Å². The highest BCUT2D eigenvalue weighted by Crippen LogP contribution is 2.27. The number of pyridine rings is 1. The van der Waals surface area contributed by atoms with Gasteiger partial charge in [0.15, 0.2) is 0 Å². The van der Waals surface area contributed by atoms with E-state index in [9.17, 15) is 8.42 Å². The van der Waals surface area contributed by atoms with E-state index in [2.05, 4.69) is 9.71 Å². The molecule has 0 radical (unpaired) electrons. The molecule has 2 aromatic rings. The number of hydrogen-bond donors (Lipinski definition) is 2. The summed E-state index contributed by atoms with van der Waals surface area (Å²) in [5.41, 5.74) is 7.30. The van der Waals surface area contributed by atoms with Gasteiger partial charge in [-0.25, -0.2) is 8.42 Å². The quantitative estimate of drug-likeness (QED) is 0.897. The number of aryl methyl sites for hydroxylation is 3. The highest BCUT2D eigenvalue weighted by atomic mass is 32.2. The molecule has 0 aromatic carbocycles. The van der Waals surface area contributed by atoms with Gasteiger partial charge in [0.1, 0.15) is 16.4 Å². The van der Waals surface area contributed by atoms with Gasteiger partial charge in [-0.2, -0.15) is 0 Å². The molecule has 0 aliphatic rings. The molecule has 2 heterocycles. The number of furan rings is 1. The topological polar surface area (TPSA) is 98.2 Å². The molecule has 0 saturated carbocycles. The number of nitrogens with one attached hydrogen (secondary N) is 1. The first kappa shape index (κ1) is 14.5. The largest absolute Gasteiger partial charge is 0.465 e. The zero-order chi connectivity index (χ0) is 14.9. The van der Waals surface area contributed by atoms with E-state index in [1.165, 1.54) is 0 Å². The predicted molar refractivity (Wildman–Crippen MR) is 75.9 cm³/mol. The summed E-state index contributed by atoms with van der Waals surface area (Å²) in [5.74, 6) is 0.859. The van der Waals surface area contributed by atoms with Gasteiger partial charge in [-0.05, 0) is 32.9 Å². The lowest BCUT2D eigenvalue weighted by Gasteiger charge is -2.09. The highest BCUT2D eigenvalue weighted by molar-refractivity contribution is 7.92. The summed E-state index contributed by atoms with van der Waals surface area (Å²) < 4.78 is 32.9. The second-order valence-corrected chi connectivity index (χ2v) is 6.14. The maximum Gasteiger partial charge on any atom is 0.265 e. The lowest BCUT2D eigenvalue weighted by molar-refractivity contribution is 0.494. The average molecular weight is 295 g/mol. The molecule has 0 aliphatic heterocycles. The van der Waals surface area contributed by atoms with Gasteiger partial charge in [0.2, 0.25) is 0 Å². The van der Waals surface area contributed by atoms with Crippen molar-refractivity contribution in [3.8, 4) is 0 Å². The van der Waals surface area contributed by atoms with Crippen molar-refractivity contribution in [2.75, 3.05) is 4.72 Å². The van der Waals surface area contributed by atoms with Crippen LogP contribution in [0.4, 0.5) is 5.69 Å². The SMILES string of the molecule is Cc1cc(NS(=O)(=O)c2c(C)oc(C)c2CN)ccn1. The van der Waals surface area contributed by atoms with E-state index in [0.29, 0.717) is 22.8 Å². The van der Waals surface area contributed by atoms with Crippen LogP contribution < -0.4 is 10.5 Å². The van der Waals surface area contributed by atoms with Gasteiger partial charge in [-0.1, -0.05) is 0 Å². The molecule has 108 valence electrons. The number of nitrogens with two attached hydrogens (primary N) is 1. The van der Waals surface area contributed by atoms with Crippen LogP contribution in [-0.4, -0.2) is 13.4 Å². The van der Waals surface area contributed by atoms with Crippen molar-refractivity contribution in [2.45, 2.75) is 32.2 Å². The molecule has 2 rings (SSSR count). The fraction of sp³-hybridized carbons (Fsp3) is 0.308. The maximum absolute atomic E-state index is 12.5. The third-order valence-corrected chi connectivity index (χ3v) is 4.52. The van der Waals surface area contributed by atoms with Gasteiger partial charge < -0.3 is 10.2 Å². The number of anilines is 1. The van der Waals surface area contributed by atoms with Crippen molar-refractivity contribution in [2.24, 2.45) is 5.73 Å². The van der Waals surface area contributed by atoms with Crippen molar-refractivity contribution in [3.63, 3.8) is 0 Å². The first-order valence-electron chi connectivity index (χ1n) is 6.09. The van der Waals surface area contributed by atoms with Crippen LogP contribution in [0.1, 0.15) is 22.8 Å². The fourth-order valence-corrected chi connectivity index (χ4v) is 3.62. The Morgan fingerprint density at radius 1 is 1.30 bits per heavy atom. The maximum atomic E-state index is 12.5. The molecule has 0 saturated heterocycles. The zero-order valence-electron chi connectivity index (χ0n) is 11.6. The van der Waals surface area contributed by atoms with Crippen molar-refractivity contribution >= 4 is 15.7 Å². The van der Waals surface area contributed by atoms with Crippen molar-refractivity contribution < 1.29 is 12.8 Å². The van der Waals surface area contributed by atoms with Crippen LogP contribution in [0.5, 0.6) is 0 Å². The summed E-state index contributed by atoms with van der Waals surface area (Å²) >= 11 is 0. The van der Waals surface area contributed by atoms with E-state index >= 15 is 0 Å². The summed E-state index contributed by atoms with van der Waals surface area (Å²) in [4.78, 5) is 4.14. The number of nitrogens with zero attached hydrogens (tertiary/aromatic N) is 1. The Labute approximate surface area is 118 Å². The van der Waals surface area contributed by atoms with E-state index in [1.54, 1.807) is 39.1 Å². The standard InChI is InChI=1S/C13H17N3O3S/c1-8-6-11(4-5-15-8)16-20(17,18)13-10(3)19-9(2)12(13)7-14/h4-6H,7,14H2,1-3H3,(H,15,16). The number of sulfonamides is 1. The average Bonchev–Trinajstić information content (AvgIpc) is 2.63. The summed E-state index contributed by atoms with van der Waals surface area (Å²) in [6.45, 7) is 5.20. The van der Waals surface area contributed by atoms with Crippen LogP contribution in [0.2, 0.25) is 0 Å². The van der Waals surface area contributed by atoms with Crippen LogP contribution in [0.3, 0.4) is 0 Å². The summed E-state index contributed by atoms with van der Waals surface area (Å²) in [7, 11) is -3.73. The molecule has 0 spiro atoms. The monoisotopic (exact) mass is 295 g/mol. The first-order chi connectivity index (χ1) is 9.35. The molecular formula is C13H17N3O3S. The van der Waals surface area contributed by atoms with E-state index in [1.807, 2.05) is 0 Å². The second kappa shape index (κ2) is 5.26. The number of rotatable bonds is 4. The Kier molecular flexibility index (Phi) is 3.82. The molecule has 0 atom stereocenters. The minimum Gasteiger partial charge on any atom is -0.465 e. The minimum absolute atomic E-state index is 0.106. The molecular weight excluding hydrogens is 278 g/mol. The van der Waals surface area contributed by atoms with Crippen molar-refractivity contribution in [3.05, 3.63) is 41.1 Å². The Morgan fingerprint density at radius 3 is 2.60 bits per heavy atom. The molecule has 20 heavy (non-hydrogen) atoms. The van der Waals surface area contributed by atoms with Gasteiger partial charge in [-0.3, -0.25) is 9.71 Å². The molecule has 0 fully saturated rings. The molecule has 7 heteroatoms. The van der Waals surface area contributed by atoms with Crippen LogP contribution in [-0.2, 0) is 16.6 Å². The van der Waals surface area contributed by atoms with Crippen LogP contribution in [0.15, 0.2) is 27.6 Å². The molecule has 6 nitrogen and oxygen atoms in total. The van der Waals surface area contributed by atoms with Crippen molar-refractivity contribution in [1.29, 1.82) is 0 Å². The van der Waals surface area contributed by atoms with E-state index < -0.39 is 10.0 Å². The molecule has 3 N–H and O–H groups in total. The molecule has 0 bridgehead atoms. The van der Waals surface area contributed by atoms with Crippen LogP contribution >= 0.6 is 0 Å². The normalized spacial score (nSPS) is 11.6. The Balaban J connectivity index is 2.46. The van der Waals surface area contributed by atoms with Gasteiger partial charge in [0.05, 0.1) is 5.69 Å². The Hall–Kier alpha value is -1.86. The van der Waals surface area contributed by atoms with E-state index in [0.717, 1.165) is 5.69 Å². The first-order valence-corrected chi connectivity index (χ1v) is 7.58. The Bertz CT molecular complexity index is 735. The van der Waals surface area contributed by atoms with Crippen LogP contribution in [0, 0.1) is 20.8 Å². The molecule has 2 aromatic heterocycles. The van der Waals surface area contributed by atoms with Gasteiger partial charge >= 0.3 is 0 Å². The van der Waals surface area contributed by atoms with Gasteiger partial charge in [0, 0.05) is 24.0 Å². The molecule has 0 unspecified atom stereocenters. The lowest BCUT2D eigenvalue weighted by atomic mass is 10.2. The fourth-order valence-electron chi connectivity index (χ4n) is 2.11. The third kappa shape index (κ3) is 2.68. The van der Waals surface area contributed by atoms with E-state index in [4.69, 9.17) is 10.2 Å². The summed E-state index contributed by atoms with van der Waals surface area (Å²) in [6, 6.07) is 3.25. The van der Waals surface area contributed by atoms with Crippen molar-refractivity contribution in [1.82, 2.24) is 4.98 Å². The van der Waals surface area contributed by atoms with Gasteiger partial charge in [-0.15, -0.1) is 0 Å². The summed E-state index contributed by atoms with van der Waals surface area (Å²) in [6.07, 6.45) is 1.55. The summed E-state index contributed by atoms with van der Waals surface area (Å²) in [5, 5.41) is 0. The third-order valence-electron chi connectivity index (χ3n) is 2.95. The highest BCUT2D eigenvalue weighted by Gasteiger charge is 2.26. The lowest BCUT2D eigenvalue weighted by Crippen LogP contribution is -2.16. The van der Waals surface area contributed by atoms with Gasteiger partial charge in [0.25, 0.3) is 10.0 Å². The molecule has 0 amide bonds. The molecule has 0 aliphatic carbocycles. The zero-order valence-corrected chi connectivity index (χ0v) is 12.4. The minimum atomic E-state index is -3.73. The Morgan fingerprint density at radius 2 is 2.00 bits per heavy atom. The number of aromatic nitrogens is 1. The smallest absolute Gasteiger partial charge is 0.265 e. The number of hydrogen-bond acceptors (Lipinski definition) is 5. The predicted octanol–water partition coefficient (Wildman–Crippen LogP) is 1.86. The van der Waals surface area contributed by atoms with E-state index in [-0.39, 0.29) is 11.4 Å². The second-order valence-electron chi connectivity index (χ2n) is 4.52.